The number of ether oxygens (including phenoxy) is 1. The summed E-state index contributed by atoms with van der Waals surface area (Å²) in [4.78, 5) is 19.0. The first-order chi connectivity index (χ1) is 10.6. The zero-order chi connectivity index (χ0) is 16.1. The van der Waals surface area contributed by atoms with E-state index < -0.39 is 0 Å². The van der Waals surface area contributed by atoms with Crippen LogP contribution in [0, 0.1) is 11.8 Å². The van der Waals surface area contributed by atoms with E-state index in [0.717, 1.165) is 31.0 Å². The third-order valence-electron chi connectivity index (χ3n) is 4.23. The van der Waals surface area contributed by atoms with Crippen LogP contribution in [0.15, 0.2) is 18.3 Å². The van der Waals surface area contributed by atoms with Crippen LogP contribution in [0.5, 0.6) is 0 Å². The maximum Gasteiger partial charge on any atom is 0.230 e. The number of nitrogens with one attached hydrogen (secondary N) is 1. The Morgan fingerprint density at radius 3 is 2.68 bits per heavy atom. The molecule has 2 atom stereocenters. The van der Waals surface area contributed by atoms with E-state index in [9.17, 15) is 4.79 Å². The second kappa shape index (κ2) is 7.58. The number of carbonyl (C=O) groups is 1. The number of hydrogen-bond acceptors (Lipinski definition) is 4. The number of anilines is 2. The third-order valence-corrected chi connectivity index (χ3v) is 4.23. The van der Waals surface area contributed by atoms with Gasteiger partial charge in [-0.05, 0) is 38.3 Å². The molecular weight excluding hydrogens is 278 g/mol. The van der Waals surface area contributed by atoms with Gasteiger partial charge in [0.2, 0.25) is 5.91 Å². The Morgan fingerprint density at radius 1 is 1.41 bits per heavy atom. The van der Waals surface area contributed by atoms with Crippen molar-refractivity contribution in [3.63, 3.8) is 0 Å². The highest BCUT2D eigenvalue weighted by Crippen LogP contribution is 2.28. The Kier molecular flexibility index (Phi) is 5.77. The minimum Gasteiger partial charge on any atom is -0.377 e. The minimum atomic E-state index is -0.0672. The first-order valence-electron chi connectivity index (χ1n) is 8.20. The van der Waals surface area contributed by atoms with Crippen LogP contribution in [0.1, 0.15) is 34.1 Å². The number of rotatable bonds is 6. The van der Waals surface area contributed by atoms with Crippen molar-refractivity contribution in [2.75, 3.05) is 29.9 Å². The molecule has 5 nitrogen and oxygen atoms in total. The Morgan fingerprint density at radius 2 is 2.14 bits per heavy atom. The fourth-order valence-corrected chi connectivity index (χ4v) is 2.98. The van der Waals surface area contributed by atoms with Gasteiger partial charge in [0.15, 0.2) is 0 Å². The van der Waals surface area contributed by atoms with E-state index in [1.54, 1.807) is 6.20 Å². The summed E-state index contributed by atoms with van der Waals surface area (Å²) in [5, 5.41) is 2.97. The highest BCUT2D eigenvalue weighted by molar-refractivity contribution is 5.93. The molecule has 0 aromatic carbocycles. The van der Waals surface area contributed by atoms with Crippen molar-refractivity contribution in [2.45, 2.75) is 40.2 Å². The van der Waals surface area contributed by atoms with Gasteiger partial charge in [-0.3, -0.25) is 4.79 Å². The van der Waals surface area contributed by atoms with Gasteiger partial charge in [0, 0.05) is 19.7 Å². The summed E-state index contributed by atoms with van der Waals surface area (Å²) in [6.45, 7) is 10.9. The molecule has 122 valence electrons. The molecule has 2 unspecified atom stereocenters. The zero-order valence-electron chi connectivity index (χ0n) is 14.0. The molecule has 1 amide bonds. The van der Waals surface area contributed by atoms with Crippen LogP contribution in [0.4, 0.5) is 11.5 Å². The predicted octanol–water partition coefficient (Wildman–Crippen LogP) is 2.93. The maximum absolute atomic E-state index is 12.4. The average Bonchev–Trinajstić information content (AvgIpc) is 3.00. The second-order valence-electron chi connectivity index (χ2n) is 6.04. The number of carbonyl (C=O) groups excluding carboxylic acids is 1. The molecule has 1 aliphatic heterocycles. The summed E-state index contributed by atoms with van der Waals surface area (Å²) >= 11 is 0. The topological polar surface area (TPSA) is 54.5 Å². The van der Waals surface area contributed by atoms with Crippen LogP contribution in [0.3, 0.4) is 0 Å². The number of nitrogens with zero attached hydrogens (tertiary/aromatic N) is 2. The summed E-state index contributed by atoms with van der Waals surface area (Å²) in [5.74, 6) is 1.25. The molecule has 2 rings (SSSR count). The second-order valence-corrected chi connectivity index (χ2v) is 6.04. The lowest BCUT2D eigenvalue weighted by Gasteiger charge is -2.22. The molecule has 1 aliphatic rings. The standard InChI is InChI=1S/C17H27N3O2/c1-5-20(6-2)15-8-7-13(11-18-15)19-17(21)14-9-10-22-16(14)12(3)4/h7-8,11-12,14,16H,5-6,9-10H2,1-4H3,(H,19,21). The number of aromatic nitrogens is 1. The number of hydrogen-bond donors (Lipinski definition) is 1. The molecule has 0 spiro atoms. The van der Waals surface area contributed by atoms with Gasteiger partial charge >= 0.3 is 0 Å². The Hall–Kier alpha value is -1.62. The van der Waals surface area contributed by atoms with E-state index in [1.807, 2.05) is 12.1 Å². The summed E-state index contributed by atoms with van der Waals surface area (Å²) in [6.07, 6.45) is 2.54. The van der Waals surface area contributed by atoms with Gasteiger partial charge in [-0.1, -0.05) is 13.8 Å². The quantitative estimate of drug-likeness (QED) is 0.878. The molecule has 1 aromatic rings. The first kappa shape index (κ1) is 16.7. The van der Waals surface area contributed by atoms with Crippen LogP contribution in [-0.2, 0) is 9.53 Å². The van der Waals surface area contributed by atoms with Gasteiger partial charge in [-0.15, -0.1) is 0 Å². The van der Waals surface area contributed by atoms with Crippen LogP contribution in [-0.4, -0.2) is 36.7 Å². The van der Waals surface area contributed by atoms with Gasteiger partial charge in [0.1, 0.15) is 5.82 Å². The van der Waals surface area contributed by atoms with E-state index in [1.165, 1.54) is 0 Å². The van der Waals surface area contributed by atoms with Crippen molar-refractivity contribution in [3.05, 3.63) is 18.3 Å². The fraction of sp³-hybridized carbons (Fsp3) is 0.647. The number of pyridine rings is 1. The van der Waals surface area contributed by atoms with E-state index >= 15 is 0 Å². The average molecular weight is 305 g/mol. The van der Waals surface area contributed by atoms with Crippen molar-refractivity contribution in [1.82, 2.24) is 4.98 Å². The highest BCUT2D eigenvalue weighted by atomic mass is 16.5. The van der Waals surface area contributed by atoms with E-state index in [2.05, 4.69) is 42.9 Å². The Bertz CT molecular complexity index is 483. The molecule has 1 saturated heterocycles. The summed E-state index contributed by atoms with van der Waals surface area (Å²) < 4.78 is 5.68. The first-order valence-corrected chi connectivity index (χ1v) is 8.20. The van der Waals surface area contributed by atoms with Gasteiger partial charge in [0.25, 0.3) is 0 Å². The van der Waals surface area contributed by atoms with Gasteiger partial charge in [0.05, 0.1) is 23.9 Å². The zero-order valence-corrected chi connectivity index (χ0v) is 14.0. The van der Waals surface area contributed by atoms with Crippen molar-refractivity contribution < 1.29 is 9.53 Å². The third kappa shape index (κ3) is 3.77. The fourth-order valence-electron chi connectivity index (χ4n) is 2.98. The molecule has 0 aliphatic carbocycles. The molecule has 0 saturated carbocycles. The van der Waals surface area contributed by atoms with Gasteiger partial charge < -0.3 is 15.0 Å². The van der Waals surface area contributed by atoms with Gasteiger partial charge in [-0.2, -0.15) is 0 Å². The van der Waals surface area contributed by atoms with Crippen LogP contribution in [0.25, 0.3) is 0 Å². The van der Waals surface area contributed by atoms with E-state index in [-0.39, 0.29) is 17.9 Å². The molecule has 2 heterocycles. The van der Waals surface area contributed by atoms with E-state index in [0.29, 0.717) is 12.5 Å². The molecule has 0 radical (unpaired) electrons. The van der Waals surface area contributed by atoms with Gasteiger partial charge in [-0.25, -0.2) is 4.98 Å². The SMILES string of the molecule is CCN(CC)c1ccc(NC(=O)C2CCOC2C(C)C)cn1. The van der Waals surface area contributed by atoms with Crippen LogP contribution in [0.2, 0.25) is 0 Å². The van der Waals surface area contributed by atoms with E-state index in [4.69, 9.17) is 4.74 Å². The lowest BCUT2D eigenvalue weighted by atomic mass is 9.92. The molecular formula is C17H27N3O2. The Balaban J connectivity index is 2.00. The van der Waals surface area contributed by atoms with Crippen molar-refractivity contribution >= 4 is 17.4 Å². The molecule has 0 bridgehead atoms. The minimum absolute atomic E-state index is 0.0166. The Labute approximate surface area is 133 Å². The lowest BCUT2D eigenvalue weighted by Crippen LogP contribution is -2.32. The smallest absolute Gasteiger partial charge is 0.230 e. The highest BCUT2D eigenvalue weighted by Gasteiger charge is 2.35. The van der Waals surface area contributed by atoms with Crippen molar-refractivity contribution in [1.29, 1.82) is 0 Å². The monoisotopic (exact) mass is 305 g/mol. The van der Waals surface area contributed by atoms with Crippen molar-refractivity contribution in [3.8, 4) is 0 Å². The lowest BCUT2D eigenvalue weighted by molar-refractivity contribution is -0.122. The van der Waals surface area contributed by atoms with Crippen LogP contribution < -0.4 is 10.2 Å². The molecule has 1 N–H and O–H groups in total. The maximum atomic E-state index is 12.4. The molecule has 1 aromatic heterocycles. The normalized spacial score (nSPS) is 21.1. The summed E-state index contributed by atoms with van der Waals surface area (Å²) in [6, 6.07) is 3.87. The summed E-state index contributed by atoms with van der Waals surface area (Å²) in [7, 11) is 0. The van der Waals surface area contributed by atoms with Crippen LogP contribution >= 0.6 is 0 Å². The summed E-state index contributed by atoms with van der Waals surface area (Å²) in [5.41, 5.74) is 0.746. The predicted molar refractivity (Wildman–Crippen MR) is 89.1 cm³/mol. The largest absolute Gasteiger partial charge is 0.377 e. The number of amides is 1. The molecule has 22 heavy (non-hydrogen) atoms. The molecule has 1 fully saturated rings. The molecule has 5 heteroatoms. The van der Waals surface area contributed by atoms with Crippen molar-refractivity contribution in [2.24, 2.45) is 11.8 Å².